The maximum absolute atomic E-state index is 8.66. The summed E-state index contributed by atoms with van der Waals surface area (Å²) in [5.74, 6) is 0. The van der Waals surface area contributed by atoms with E-state index in [1.165, 1.54) is 18.4 Å². The van der Waals surface area contributed by atoms with Crippen LogP contribution in [0.15, 0.2) is 54.6 Å². The molecule has 0 fully saturated rings. The standard InChI is InChI=1S/C10H15N.C8H11NO/c1-2-3-5-9-6-4-7-10(11)8-9;9-8(6-10)7-4-2-1-3-5-7/h4,6-8H,2-3,5,11H2,1H3;1-5,8,10H,6,9H2/t;8-/m.1/s1. The molecule has 5 N–H and O–H groups in total. The van der Waals surface area contributed by atoms with E-state index in [4.69, 9.17) is 16.6 Å². The van der Waals surface area contributed by atoms with Crippen LogP contribution < -0.4 is 11.5 Å². The number of aryl methyl sites for hydroxylation is 1. The van der Waals surface area contributed by atoms with Gasteiger partial charge >= 0.3 is 0 Å². The second kappa shape index (κ2) is 9.97. The van der Waals surface area contributed by atoms with Gasteiger partial charge < -0.3 is 16.6 Å². The minimum atomic E-state index is -0.235. The van der Waals surface area contributed by atoms with E-state index >= 15 is 0 Å². The van der Waals surface area contributed by atoms with Crippen molar-refractivity contribution in [2.45, 2.75) is 32.2 Å². The minimum Gasteiger partial charge on any atom is -0.399 e. The van der Waals surface area contributed by atoms with Gasteiger partial charge in [-0.3, -0.25) is 0 Å². The van der Waals surface area contributed by atoms with E-state index in [1.54, 1.807) is 0 Å². The van der Waals surface area contributed by atoms with Gasteiger partial charge in [-0.1, -0.05) is 55.8 Å². The zero-order chi connectivity index (χ0) is 15.5. The van der Waals surface area contributed by atoms with Gasteiger partial charge in [-0.25, -0.2) is 0 Å². The van der Waals surface area contributed by atoms with Crippen molar-refractivity contribution in [1.29, 1.82) is 0 Å². The number of anilines is 1. The molecule has 2 aromatic rings. The van der Waals surface area contributed by atoms with Crippen LogP contribution in [-0.2, 0) is 6.42 Å². The van der Waals surface area contributed by atoms with Gasteiger partial charge in [-0.2, -0.15) is 0 Å². The van der Waals surface area contributed by atoms with Gasteiger partial charge in [0, 0.05) is 5.69 Å². The summed E-state index contributed by atoms with van der Waals surface area (Å²) < 4.78 is 0. The lowest BCUT2D eigenvalue weighted by Crippen LogP contribution is -2.13. The second-order valence-corrected chi connectivity index (χ2v) is 5.05. The lowest BCUT2D eigenvalue weighted by molar-refractivity contribution is 0.268. The Balaban J connectivity index is 0.000000211. The number of rotatable bonds is 5. The molecule has 0 saturated carbocycles. The number of benzene rings is 2. The van der Waals surface area contributed by atoms with Crippen LogP contribution in [0, 0.1) is 0 Å². The van der Waals surface area contributed by atoms with Crippen molar-refractivity contribution in [3.63, 3.8) is 0 Å². The van der Waals surface area contributed by atoms with Crippen LogP contribution in [0.3, 0.4) is 0 Å². The van der Waals surface area contributed by atoms with E-state index in [0.717, 1.165) is 17.7 Å². The van der Waals surface area contributed by atoms with Gasteiger partial charge in [0.25, 0.3) is 0 Å². The fraction of sp³-hybridized carbons (Fsp3) is 0.333. The van der Waals surface area contributed by atoms with E-state index in [9.17, 15) is 0 Å². The molecule has 0 aromatic heterocycles. The van der Waals surface area contributed by atoms with E-state index < -0.39 is 0 Å². The lowest BCUT2D eigenvalue weighted by Gasteiger charge is -2.06. The third-order valence-electron chi connectivity index (χ3n) is 3.19. The van der Waals surface area contributed by atoms with Crippen LogP contribution in [0.1, 0.15) is 36.9 Å². The predicted molar refractivity (Wildman–Crippen MR) is 89.9 cm³/mol. The maximum atomic E-state index is 8.66. The fourth-order valence-electron chi connectivity index (χ4n) is 1.94. The van der Waals surface area contributed by atoms with E-state index in [2.05, 4.69) is 19.1 Å². The number of hydrogen-bond donors (Lipinski definition) is 3. The highest BCUT2D eigenvalue weighted by atomic mass is 16.3. The highest BCUT2D eigenvalue weighted by Crippen LogP contribution is 2.09. The topological polar surface area (TPSA) is 72.3 Å². The summed E-state index contributed by atoms with van der Waals surface area (Å²) in [6.45, 7) is 2.20. The number of nitrogens with two attached hydrogens (primary N) is 2. The molecule has 2 rings (SSSR count). The molecule has 0 heterocycles. The molecule has 0 saturated heterocycles. The third kappa shape index (κ3) is 6.93. The van der Waals surface area contributed by atoms with Crippen LogP contribution in [0.4, 0.5) is 5.69 Å². The highest BCUT2D eigenvalue weighted by Gasteiger charge is 2.00. The Kier molecular flexibility index (Phi) is 8.17. The zero-order valence-electron chi connectivity index (χ0n) is 12.7. The third-order valence-corrected chi connectivity index (χ3v) is 3.19. The van der Waals surface area contributed by atoms with E-state index in [1.807, 2.05) is 42.5 Å². The summed E-state index contributed by atoms with van der Waals surface area (Å²) in [5.41, 5.74) is 14.4. The summed E-state index contributed by atoms with van der Waals surface area (Å²) in [6, 6.07) is 17.4. The van der Waals surface area contributed by atoms with Gasteiger partial charge in [0.2, 0.25) is 0 Å². The molecule has 114 valence electrons. The number of hydrogen-bond acceptors (Lipinski definition) is 3. The molecule has 0 aliphatic carbocycles. The van der Waals surface area contributed by atoms with Crippen LogP contribution in [0.2, 0.25) is 0 Å². The van der Waals surface area contributed by atoms with Gasteiger partial charge in [-0.15, -0.1) is 0 Å². The van der Waals surface area contributed by atoms with Crippen molar-refractivity contribution in [2.24, 2.45) is 5.73 Å². The van der Waals surface area contributed by atoms with E-state index in [0.29, 0.717) is 0 Å². The Morgan fingerprint density at radius 2 is 1.76 bits per heavy atom. The van der Waals surface area contributed by atoms with Crippen molar-refractivity contribution in [3.05, 3.63) is 65.7 Å². The summed E-state index contributed by atoms with van der Waals surface area (Å²) in [4.78, 5) is 0. The molecule has 2 aromatic carbocycles. The quantitative estimate of drug-likeness (QED) is 0.738. The molecular formula is C18H26N2O. The van der Waals surface area contributed by atoms with Gasteiger partial charge in [0.05, 0.1) is 12.6 Å². The van der Waals surface area contributed by atoms with Crippen molar-refractivity contribution >= 4 is 5.69 Å². The molecule has 0 unspecified atom stereocenters. The highest BCUT2D eigenvalue weighted by molar-refractivity contribution is 5.40. The molecule has 0 aliphatic heterocycles. The maximum Gasteiger partial charge on any atom is 0.0624 e. The van der Waals surface area contributed by atoms with Crippen LogP contribution in [-0.4, -0.2) is 11.7 Å². The monoisotopic (exact) mass is 286 g/mol. The fourth-order valence-corrected chi connectivity index (χ4v) is 1.94. The molecule has 3 heteroatoms. The SMILES string of the molecule is CCCCc1cccc(N)c1.N[C@H](CO)c1ccccc1. The van der Waals surface area contributed by atoms with Gasteiger partial charge in [0.1, 0.15) is 0 Å². The van der Waals surface area contributed by atoms with Crippen LogP contribution in [0.25, 0.3) is 0 Å². The Morgan fingerprint density at radius 1 is 1.05 bits per heavy atom. The molecular weight excluding hydrogens is 260 g/mol. The van der Waals surface area contributed by atoms with Gasteiger partial charge in [0.15, 0.2) is 0 Å². The average molecular weight is 286 g/mol. The van der Waals surface area contributed by atoms with E-state index in [-0.39, 0.29) is 12.6 Å². The normalized spacial score (nSPS) is 11.4. The molecule has 21 heavy (non-hydrogen) atoms. The first kappa shape index (κ1) is 17.2. The molecule has 0 amide bonds. The van der Waals surface area contributed by atoms with Crippen molar-refractivity contribution < 1.29 is 5.11 Å². The summed E-state index contributed by atoms with van der Waals surface area (Å²) in [6.07, 6.45) is 3.65. The summed E-state index contributed by atoms with van der Waals surface area (Å²) >= 11 is 0. The minimum absolute atomic E-state index is 0.00398. The second-order valence-electron chi connectivity index (χ2n) is 5.05. The number of nitrogen functional groups attached to an aromatic ring is 1. The Hall–Kier alpha value is -1.84. The summed E-state index contributed by atoms with van der Waals surface area (Å²) in [7, 11) is 0. The first-order valence-corrected chi connectivity index (χ1v) is 7.43. The Bertz CT molecular complexity index is 500. The number of aliphatic hydroxyl groups excluding tert-OH is 1. The van der Waals surface area contributed by atoms with Crippen molar-refractivity contribution in [1.82, 2.24) is 0 Å². The predicted octanol–water partition coefficient (Wildman–Crippen LogP) is 3.29. The largest absolute Gasteiger partial charge is 0.399 e. The molecule has 1 atom stereocenters. The average Bonchev–Trinajstić information content (AvgIpc) is 2.53. The van der Waals surface area contributed by atoms with Crippen molar-refractivity contribution in [2.75, 3.05) is 12.3 Å². The van der Waals surface area contributed by atoms with Gasteiger partial charge in [-0.05, 0) is 36.1 Å². The number of aliphatic hydroxyl groups is 1. The zero-order valence-corrected chi connectivity index (χ0v) is 12.7. The summed E-state index contributed by atoms with van der Waals surface area (Å²) in [5, 5.41) is 8.66. The molecule has 0 spiro atoms. The molecule has 0 bridgehead atoms. The van der Waals surface area contributed by atoms with Crippen molar-refractivity contribution in [3.8, 4) is 0 Å². The Labute approximate surface area is 127 Å². The molecule has 0 radical (unpaired) electrons. The molecule has 0 aliphatic rings. The first-order valence-electron chi connectivity index (χ1n) is 7.43. The first-order chi connectivity index (χ1) is 10.2. The lowest BCUT2D eigenvalue weighted by atomic mass is 10.1. The number of unbranched alkanes of at least 4 members (excludes halogenated alkanes) is 1. The van der Waals surface area contributed by atoms with Crippen LogP contribution in [0.5, 0.6) is 0 Å². The van der Waals surface area contributed by atoms with Crippen LogP contribution >= 0.6 is 0 Å². The smallest absolute Gasteiger partial charge is 0.0624 e. The Morgan fingerprint density at radius 3 is 2.33 bits per heavy atom. The molecule has 3 nitrogen and oxygen atoms in total.